The summed E-state index contributed by atoms with van der Waals surface area (Å²) in [6.45, 7) is 4.35. The van der Waals surface area contributed by atoms with Gasteiger partial charge >= 0.3 is 0 Å². The van der Waals surface area contributed by atoms with E-state index in [9.17, 15) is 25.9 Å². The molecule has 0 bridgehead atoms. The molecule has 0 amide bonds. The fourth-order valence-corrected chi connectivity index (χ4v) is 7.48. The fourth-order valence-electron chi connectivity index (χ4n) is 6.52. The van der Waals surface area contributed by atoms with Gasteiger partial charge in [-0.15, -0.1) is 0 Å². The Labute approximate surface area is 359 Å². The number of anilines is 10. The summed E-state index contributed by atoms with van der Waals surface area (Å²) in [4.78, 5) is 35.7. The van der Waals surface area contributed by atoms with Crippen LogP contribution in [-0.4, -0.2) is 113 Å². The lowest BCUT2D eigenvalue weighted by Crippen LogP contribution is -2.37. The molecule has 2 saturated heterocycles. The van der Waals surface area contributed by atoms with Crippen LogP contribution < -0.4 is 31.1 Å². The molecule has 2 aliphatic heterocycles. The van der Waals surface area contributed by atoms with Crippen molar-refractivity contribution < 1.29 is 39.8 Å². The van der Waals surface area contributed by atoms with Gasteiger partial charge in [0.05, 0.1) is 36.2 Å². The first-order valence-electron chi connectivity index (χ1n) is 19.3. The number of fused-ring (bicyclic) bond motifs is 1. The van der Waals surface area contributed by atoms with E-state index >= 15 is 0 Å². The Morgan fingerprint density at radius 1 is 0.476 bits per heavy atom. The van der Waals surface area contributed by atoms with Crippen molar-refractivity contribution in [3.05, 3.63) is 91.0 Å². The predicted octanol–water partition coefficient (Wildman–Crippen LogP) is 5.01. The molecule has 24 heteroatoms. The van der Waals surface area contributed by atoms with E-state index in [1.165, 1.54) is 48.5 Å². The molecule has 0 radical (unpaired) electrons. The van der Waals surface area contributed by atoms with Gasteiger partial charge in [-0.3, -0.25) is 9.11 Å². The Morgan fingerprint density at radius 2 is 0.857 bits per heavy atom. The first kappa shape index (κ1) is 41.3. The molecule has 5 heterocycles. The van der Waals surface area contributed by atoms with Crippen molar-refractivity contribution in [2.24, 2.45) is 0 Å². The summed E-state index contributed by atoms with van der Waals surface area (Å²) in [5, 5.41) is 12.6. The van der Waals surface area contributed by atoms with E-state index in [1.807, 2.05) is 46.2 Å². The minimum absolute atomic E-state index is 0.200. The van der Waals surface area contributed by atoms with Gasteiger partial charge in [0.25, 0.3) is 20.2 Å². The highest BCUT2D eigenvalue weighted by Gasteiger charge is 2.20. The third-order valence-electron chi connectivity index (χ3n) is 9.68. The monoisotopic (exact) mass is 895 g/mol. The maximum Gasteiger partial charge on any atom is 0.294 e. The van der Waals surface area contributed by atoms with Crippen molar-refractivity contribution in [3.63, 3.8) is 0 Å². The summed E-state index contributed by atoms with van der Waals surface area (Å²) >= 11 is 0. The van der Waals surface area contributed by atoms with Gasteiger partial charge < -0.3 is 45.0 Å². The minimum atomic E-state index is -4.35. The molecule has 324 valence electrons. The molecule has 9 rings (SSSR count). The SMILES string of the molecule is O=S(=O)(O)c1ccc(Nc2nc(Nc3ccc(-c4nc5ccc(Nc6nc(Nc7ccc(S(=O)(=O)O)cc7)nc(N7CCOCC7)n6)cc5o4)cc3)nc(N3CCOCC3)n2)cc1. The molecule has 7 aromatic rings. The standard InChI is InChI=1S/C39H37N13O9S2/c53-62(54,55)29-10-5-26(6-11-29)41-35-45-34(47-38(48-35)51-15-19-59-20-16-51)40-25-3-1-24(2-4-25)33-44-31-14-9-28(23-32(31)61-33)43-37-46-36(49-39(50-37)52-17-21-60-22-18-52)42-27-7-12-30(13-8-27)63(56,57)58/h1-14,23H,15-22H2,(H,53,54,55)(H,56,57,58)(H2,40,41,45,47,48)(H2,42,43,46,49,50). The van der Waals surface area contributed by atoms with E-state index in [4.69, 9.17) is 18.9 Å². The third-order valence-corrected chi connectivity index (χ3v) is 11.4. The summed E-state index contributed by atoms with van der Waals surface area (Å²) in [6.07, 6.45) is 0. The van der Waals surface area contributed by atoms with Crippen LogP contribution in [0.3, 0.4) is 0 Å². The zero-order valence-corrected chi connectivity index (χ0v) is 34.5. The molecular weight excluding hydrogens is 859 g/mol. The summed E-state index contributed by atoms with van der Waals surface area (Å²) in [7, 11) is -8.70. The first-order valence-corrected chi connectivity index (χ1v) is 22.2. The lowest BCUT2D eigenvalue weighted by atomic mass is 10.2. The van der Waals surface area contributed by atoms with Crippen molar-refractivity contribution in [1.82, 2.24) is 34.9 Å². The molecule has 6 N–H and O–H groups in total. The molecule has 4 aromatic carbocycles. The topological polar surface area (TPSA) is 285 Å². The third kappa shape index (κ3) is 10.0. The smallest absolute Gasteiger partial charge is 0.294 e. The molecular formula is C39H37N13O9S2. The lowest BCUT2D eigenvalue weighted by Gasteiger charge is -2.27. The van der Waals surface area contributed by atoms with Crippen LogP contribution in [-0.2, 0) is 29.7 Å². The molecule has 0 unspecified atom stereocenters. The number of aromatic nitrogens is 7. The van der Waals surface area contributed by atoms with Crippen LogP contribution >= 0.6 is 0 Å². The number of morpholine rings is 2. The van der Waals surface area contributed by atoms with Gasteiger partial charge in [-0.25, -0.2) is 4.98 Å². The first-order chi connectivity index (χ1) is 30.4. The van der Waals surface area contributed by atoms with Crippen molar-refractivity contribution in [3.8, 4) is 11.5 Å². The minimum Gasteiger partial charge on any atom is -0.436 e. The quantitative estimate of drug-likeness (QED) is 0.0830. The maximum absolute atomic E-state index is 11.5. The molecule has 0 saturated carbocycles. The van der Waals surface area contributed by atoms with E-state index in [-0.39, 0.29) is 33.6 Å². The van der Waals surface area contributed by atoms with Crippen LogP contribution in [0, 0.1) is 0 Å². The average Bonchev–Trinajstić information content (AvgIpc) is 3.71. The Kier molecular flexibility index (Phi) is 11.4. The van der Waals surface area contributed by atoms with Gasteiger partial charge in [-0.1, -0.05) is 0 Å². The number of nitrogens with one attached hydrogen (secondary N) is 4. The fraction of sp³-hybridized carbons (Fsp3) is 0.205. The highest BCUT2D eigenvalue weighted by atomic mass is 32.2. The lowest BCUT2D eigenvalue weighted by molar-refractivity contribution is 0.122. The van der Waals surface area contributed by atoms with E-state index < -0.39 is 20.2 Å². The number of oxazole rings is 1. The van der Waals surface area contributed by atoms with E-state index in [1.54, 1.807) is 6.07 Å². The molecule has 2 aliphatic rings. The zero-order valence-electron chi connectivity index (χ0n) is 32.9. The predicted molar refractivity (Wildman–Crippen MR) is 231 cm³/mol. The van der Waals surface area contributed by atoms with Crippen molar-refractivity contribution in [2.45, 2.75) is 9.79 Å². The van der Waals surface area contributed by atoms with Crippen LogP contribution in [0.1, 0.15) is 0 Å². The normalized spacial score (nSPS) is 14.7. The van der Waals surface area contributed by atoms with Gasteiger partial charge in [0.2, 0.25) is 41.6 Å². The number of nitrogens with zero attached hydrogens (tertiary/aromatic N) is 9. The van der Waals surface area contributed by atoms with Crippen LogP contribution in [0.25, 0.3) is 22.6 Å². The van der Waals surface area contributed by atoms with E-state index in [2.05, 4.69) is 51.2 Å². The Bertz CT molecular complexity index is 2990. The molecule has 2 fully saturated rings. The van der Waals surface area contributed by atoms with Crippen molar-refractivity contribution >= 4 is 89.8 Å². The average molecular weight is 896 g/mol. The van der Waals surface area contributed by atoms with Crippen LogP contribution in [0.5, 0.6) is 0 Å². The molecule has 63 heavy (non-hydrogen) atoms. The number of benzene rings is 4. The largest absolute Gasteiger partial charge is 0.436 e. The summed E-state index contributed by atoms with van der Waals surface area (Å²) < 4.78 is 82.0. The van der Waals surface area contributed by atoms with Crippen LogP contribution in [0.15, 0.2) is 105 Å². The summed E-state index contributed by atoms with van der Waals surface area (Å²) in [5.41, 5.74) is 4.10. The maximum atomic E-state index is 11.5. The van der Waals surface area contributed by atoms with Crippen LogP contribution in [0.2, 0.25) is 0 Å². The van der Waals surface area contributed by atoms with Gasteiger partial charge in [0, 0.05) is 60.6 Å². The molecule has 0 atom stereocenters. The molecule has 0 spiro atoms. The zero-order chi connectivity index (χ0) is 43.6. The number of ether oxygens (including phenoxy) is 2. The second-order valence-electron chi connectivity index (χ2n) is 14.0. The Balaban J connectivity index is 0.920. The second-order valence-corrected chi connectivity index (χ2v) is 16.9. The Hall–Kier alpha value is -7.09. The molecule has 22 nitrogen and oxygen atoms in total. The molecule has 0 aliphatic carbocycles. The Morgan fingerprint density at radius 3 is 1.27 bits per heavy atom. The molecule has 3 aromatic heterocycles. The summed E-state index contributed by atoms with van der Waals surface area (Å²) in [5.74, 6) is 2.11. The van der Waals surface area contributed by atoms with Gasteiger partial charge in [0.1, 0.15) is 5.52 Å². The van der Waals surface area contributed by atoms with Crippen molar-refractivity contribution in [2.75, 3.05) is 83.7 Å². The van der Waals surface area contributed by atoms with Crippen LogP contribution in [0.4, 0.5) is 58.4 Å². The summed E-state index contributed by atoms with van der Waals surface area (Å²) in [6, 6.07) is 23.8. The number of rotatable bonds is 13. The van der Waals surface area contributed by atoms with Gasteiger partial charge in [0.15, 0.2) is 5.58 Å². The number of hydrogen-bond acceptors (Lipinski definition) is 20. The van der Waals surface area contributed by atoms with Gasteiger partial charge in [-0.05, 0) is 84.9 Å². The van der Waals surface area contributed by atoms with Crippen molar-refractivity contribution in [1.29, 1.82) is 0 Å². The second kappa shape index (κ2) is 17.3. The van der Waals surface area contributed by atoms with E-state index in [0.717, 1.165) is 0 Å². The highest BCUT2D eigenvalue weighted by molar-refractivity contribution is 7.86. The van der Waals surface area contributed by atoms with E-state index in [0.29, 0.717) is 110 Å². The number of hydrogen-bond donors (Lipinski definition) is 6. The van der Waals surface area contributed by atoms with Gasteiger partial charge in [-0.2, -0.15) is 46.7 Å². The highest BCUT2D eigenvalue weighted by Crippen LogP contribution is 2.30.